The van der Waals surface area contributed by atoms with E-state index in [9.17, 15) is 4.79 Å². The average Bonchev–Trinajstić information content (AvgIpc) is 1.66. The van der Waals surface area contributed by atoms with E-state index in [1.807, 2.05) is 6.26 Å². The van der Waals surface area contributed by atoms with Crippen LogP contribution in [0.15, 0.2) is 0 Å². The third kappa shape index (κ3) is 24.7. The SMILES string of the molecule is CSCCCC(=O)O.[Cl-].[Cl-].[Zn+2]. The molecule has 0 rings (SSSR count). The summed E-state index contributed by atoms with van der Waals surface area (Å²) < 4.78 is 0. The summed E-state index contributed by atoms with van der Waals surface area (Å²) in [7, 11) is 0. The second-order valence-corrected chi connectivity index (χ2v) is 2.48. The van der Waals surface area contributed by atoms with Crippen LogP contribution in [0.25, 0.3) is 0 Å². The van der Waals surface area contributed by atoms with Crippen LogP contribution in [0.2, 0.25) is 0 Å². The summed E-state index contributed by atoms with van der Waals surface area (Å²) in [6.45, 7) is 0. The van der Waals surface area contributed by atoms with Crippen molar-refractivity contribution in [2.75, 3.05) is 12.0 Å². The van der Waals surface area contributed by atoms with Gasteiger partial charge in [-0.05, 0) is 18.4 Å². The van der Waals surface area contributed by atoms with Crippen molar-refractivity contribution >= 4 is 17.7 Å². The van der Waals surface area contributed by atoms with Crippen molar-refractivity contribution in [3.8, 4) is 0 Å². The molecule has 0 radical (unpaired) electrons. The first-order chi connectivity index (χ1) is 3.77. The summed E-state index contributed by atoms with van der Waals surface area (Å²) in [5.74, 6) is 0.255. The van der Waals surface area contributed by atoms with Gasteiger partial charge in [0, 0.05) is 6.42 Å². The van der Waals surface area contributed by atoms with Crippen LogP contribution in [0, 0.1) is 0 Å². The first-order valence-corrected chi connectivity index (χ1v) is 3.87. The molecule has 0 saturated carbocycles. The van der Waals surface area contributed by atoms with Gasteiger partial charge in [0.15, 0.2) is 0 Å². The summed E-state index contributed by atoms with van der Waals surface area (Å²) >= 11 is 1.68. The van der Waals surface area contributed by atoms with E-state index in [1.165, 1.54) is 0 Å². The van der Waals surface area contributed by atoms with Crippen LogP contribution >= 0.6 is 11.8 Å². The minimum absolute atomic E-state index is 0. The Hall–Kier alpha value is 1.02. The van der Waals surface area contributed by atoms with E-state index in [0.717, 1.165) is 12.2 Å². The number of thioether (sulfide) groups is 1. The van der Waals surface area contributed by atoms with Gasteiger partial charge in [-0.1, -0.05) is 0 Å². The Kier molecular flexibility index (Phi) is 35.5. The molecule has 0 spiro atoms. The molecule has 6 heteroatoms. The predicted molar refractivity (Wildman–Crippen MR) is 35.3 cm³/mol. The minimum Gasteiger partial charge on any atom is -1.00 e. The number of aliphatic carboxylic acids is 1. The van der Waals surface area contributed by atoms with Gasteiger partial charge in [-0.2, -0.15) is 11.8 Å². The summed E-state index contributed by atoms with van der Waals surface area (Å²) in [5.41, 5.74) is 0. The Bertz CT molecular complexity index is 84.9. The third-order valence-corrected chi connectivity index (χ3v) is 1.44. The molecule has 0 amide bonds. The number of rotatable bonds is 4. The van der Waals surface area contributed by atoms with Gasteiger partial charge in [0.2, 0.25) is 0 Å². The number of hydrogen-bond donors (Lipinski definition) is 1. The zero-order valence-electron chi connectivity index (χ0n) is 6.35. The largest absolute Gasteiger partial charge is 2.00 e. The monoisotopic (exact) mass is 268 g/mol. The van der Waals surface area contributed by atoms with Gasteiger partial charge in [0.25, 0.3) is 0 Å². The van der Waals surface area contributed by atoms with Crippen LogP contribution in [-0.2, 0) is 24.3 Å². The normalized spacial score (nSPS) is 6.64. The molecule has 0 aliphatic carbocycles. The number of halogens is 2. The predicted octanol–water partition coefficient (Wildman–Crippen LogP) is -4.78. The molecule has 0 aliphatic heterocycles. The number of hydrogen-bond acceptors (Lipinski definition) is 2. The van der Waals surface area contributed by atoms with Gasteiger partial charge >= 0.3 is 25.4 Å². The smallest absolute Gasteiger partial charge is 1.00 e. The second kappa shape index (κ2) is 17.2. The molecule has 0 aliphatic rings. The molecule has 0 atom stereocenters. The van der Waals surface area contributed by atoms with Gasteiger partial charge < -0.3 is 29.9 Å². The molecule has 0 aromatic rings. The fourth-order valence-electron chi connectivity index (χ4n) is 0.368. The van der Waals surface area contributed by atoms with Gasteiger partial charge in [0.05, 0.1) is 0 Å². The maximum absolute atomic E-state index is 9.86. The van der Waals surface area contributed by atoms with E-state index in [0.29, 0.717) is 6.42 Å². The molecule has 0 aromatic carbocycles. The summed E-state index contributed by atoms with van der Waals surface area (Å²) in [4.78, 5) is 9.86. The van der Waals surface area contributed by atoms with Crippen LogP contribution in [0.5, 0.6) is 0 Å². The molecule has 0 bridgehead atoms. The molecule has 0 aromatic heterocycles. The molecular formula is C5H10Cl2O2SZn. The van der Waals surface area contributed by atoms with Crippen molar-refractivity contribution in [3.05, 3.63) is 0 Å². The molecule has 2 nitrogen and oxygen atoms in total. The van der Waals surface area contributed by atoms with E-state index in [2.05, 4.69) is 0 Å². The van der Waals surface area contributed by atoms with Crippen LogP contribution < -0.4 is 24.8 Å². The Balaban J connectivity index is -0.0000000817. The van der Waals surface area contributed by atoms with Gasteiger partial charge in [-0.15, -0.1) is 0 Å². The Labute approximate surface area is 96.5 Å². The number of carboxylic acid groups (broad SMARTS) is 1. The van der Waals surface area contributed by atoms with Gasteiger partial charge in [-0.25, -0.2) is 0 Å². The Morgan fingerprint density at radius 2 is 1.91 bits per heavy atom. The summed E-state index contributed by atoms with van der Waals surface area (Å²) in [6, 6.07) is 0. The van der Waals surface area contributed by atoms with E-state index in [4.69, 9.17) is 5.11 Å². The average molecular weight is 270 g/mol. The fraction of sp³-hybridized carbons (Fsp3) is 0.800. The molecule has 1 N–H and O–H groups in total. The van der Waals surface area contributed by atoms with Crippen LogP contribution in [0.1, 0.15) is 12.8 Å². The topological polar surface area (TPSA) is 37.3 Å². The number of carbonyl (C=O) groups is 1. The maximum atomic E-state index is 9.86. The minimum atomic E-state index is -0.695. The standard InChI is InChI=1S/C5H10O2S.2ClH.Zn/c1-8-4-2-3-5(6)7;;;/h2-4H2,1H3,(H,6,7);2*1H;/q;;;+2/p-2. The quantitative estimate of drug-likeness (QED) is 0.412. The summed E-state index contributed by atoms with van der Waals surface area (Å²) in [6.07, 6.45) is 3.07. The molecule has 0 heterocycles. The van der Waals surface area contributed by atoms with Crippen molar-refractivity contribution in [1.29, 1.82) is 0 Å². The van der Waals surface area contributed by atoms with Crippen molar-refractivity contribution in [1.82, 2.24) is 0 Å². The fourth-order valence-corrected chi connectivity index (χ4v) is 0.801. The Morgan fingerprint density at radius 1 is 1.45 bits per heavy atom. The molecule has 0 unspecified atom stereocenters. The van der Waals surface area contributed by atoms with Crippen molar-refractivity contribution in [2.24, 2.45) is 0 Å². The molecule has 0 fully saturated rings. The van der Waals surface area contributed by atoms with Crippen LogP contribution in [-0.4, -0.2) is 23.1 Å². The Morgan fingerprint density at radius 3 is 2.18 bits per heavy atom. The summed E-state index contributed by atoms with van der Waals surface area (Å²) in [5, 5.41) is 8.13. The van der Waals surface area contributed by atoms with Gasteiger partial charge in [0.1, 0.15) is 0 Å². The van der Waals surface area contributed by atoms with E-state index < -0.39 is 5.97 Å². The van der Waals surface area contributed by atoms with E-state index in [-0.39, 0.29) is 44.3 Å². The maximum Gasteiger partial charge on any atom is 2.00 e. The molecule has 64 valence electrons. The first kappa shape index (κ1) is 22.7. The van der Waals surface area contributed by atoms with Crippen LogP contribution in [0.4, 0.5) is 0 Å². The van der Waals surface area contributed by atoms with Crippen LogP contribution in [0.3, 0.4) is 0 Å². The molecular weight excluding hydrogens is 260 g/mol. The van der Waals surface area contributed by atoms with Crippen molar-refractivity contribution in [3.63, 3.8) is 0 Å². The zero-order chi connectivity index (χ0) is 6.41. The van der Waals surface area contributed by atoms with Gasteiger partial charge in [-0.3, -0.25) is 4.79 Å². The third-order valence-electron chi connectivity index (χ3n) is 0.739. The second-order valence-electron chi connectivity index (χ2n) is 1.49. The molecule has 11 heavy (non-hydrogen) atoms. The van der Waals surface area contributed by atoms with E-state index >= 15 is 0 Å². The first-order valence-electron chi connectivity index (χ1n) is 2.48. The van der Waals surface area contributed by atoms with Crippen molar-refractivity contribution < 1.29 is 54.2 Å². The zero-order valence-corrected chi connectivity index (χ0v) is 11.6. The molecule has 0 saturated heterocycles. The van der Waals surface area contributed by atoms with Crippen molar-refractivity contribution in [2.45, 2.75) is 12.8 Å². The van der Waals surface area contributed by atoms with E-state index in [1.54, 1.807) is 11.8 Å². The number of carboxylic acids is 1.